The fourth-order valence-corrected chi connectivity index (χ4v) is 0.576. The molecular formula is C6H9NO6. The first-order chi connectivity index (χ1) is 5.97. The topological polar surface area (TPSA) is 113 Å². The van der Waals surface area contributed by atoms with E-state index in [1.165, 1.54) is 0 Å². The molecule has 0 aromatic heterocycles. The Hall–Kier alpha value is -1.79. The highest BCUT2D eigenvalue weighted by molar-refractivity contribution is 5.84. The van der Waals surface area contributed by atoms with Gasteiger partial charge in [0.15, 0.2) is 0 Å². The van der Waals surface area contributed by atoms with E-state index in [1.54, 1.807) is 0 Å². The first kappa shape index (κ1) is 11.2. The Morgan fingerprint density at radius 2 is 1.92 bits per heavy atom. The molecule has 0 aliphatic heterocycles. The van der Waals surface area contributed by atoms with Crippen LogP contribution in [0.1, 0.15) is 6.42 Å². The van der Waals surface area contributed by atoms with Gasteiger partial charge in [-0.25, -0.2) is 9.59 Å². The lowest BCUT2D eigenvalue weighted by Gasteiger charge is -2.10. The first-order valence-corrected chi connectivity index (χ1v) is 3.26. The summed E-state index contributed by atoms with van der Waals surface area (Å²) in [7, 11) is 1.05. The second-order valence-electron chi connectivity index (χ2n) is 2.12. The molecule has 0 heterocycles. The predicted octanol–water partition coefficient (Wildman–Crippen LogP) is -0.730. The van der Waals surface area contributed by atoms with Gasteiger partial charge < -0.3 is 20.3 Å². The quantitative estimate of drug-likeness (QED) is 0.540. The maximum atomic E-state index is 10.5. The molecule has 0 rings (SSSR count). The highest BCUT2D eigenvalue weighted by atomic mass is 16.5. The molecule has 1 atom stereocenters. The third kappa shape index (κ3) is 4.62. The van der Waals surface area contributed by atoms with Gasteiger partial charge in [-0.3, -0.25) is 4.79 Å². The van der Waals surface area contributed by atoms with E-state index < -0.39 is 30.5 Å². The van der Waals surface area contributed by atoms with Crippen LogP contribution in [0, 0.1) is 0 Å². The molecule has 1 amide bonds. The summed E-state index contributed by atoms with van der Waals surface area (Å²) in [6.07, 6.45) is -1.67. The zero-order chi connectivity index (χ0) is 10.4. The molecule has 0 saturated carbocycles. The van der Waals surface area contributed by atoms with Gasteiger partial charge in [0.2, 0.25) is 0 Å². The number of methoxy groups -OCH3 is 1. The standard InChI is InChI=1S/C6H9NO6/c1-13-6(12)7-3(5(10)11)2-4(8)9/h3H,2H2,1H3,(H,7,12)(H,8,9)(H,10,11)/t3-/m1/s1. The molecule has 7 nitrogen and oxygen atoms in total. The van der Waals surface area contributed by atoms with Crippen LogP contribution in [0.5, 0.6) is 0 Å². The van der Waals surface area contributed by atoms with Crippen molar-refractivity contribution in [2.45, 2.75) is 12.5 Å². The van der Waals surface area contributed by atoms with Crippen LogP contribution in [0.3, 0.4) is 0 Å². The number of carboxylic acids is 2. The lowest BCUT2D eigenvalue weighted by Crippen LogP contribution is -2.42. The predicted molar refractivity (Wildman–Crippen MR) is 39.2 cm³/mol. The molecule has 0 saturated heterocycles. The van der Waals surface area contributed by atoms with Crippen LogP contribution in [-0.2, 0) is 14.3 Å². The fraction of sp³-hybridized carbons (Fsp3) is 0.500. The number of rotatable bonds is 4. The maximum absolute atomic E-state index is 10.5. The molecule has 7 heteroatoms. The van der Waals surface area contributed by atoms with Crippen molar-refractivity contribution in [2.75, 3.05) is 7.11 Å². The Balaban J connectivity index is 4.18. The van der Waals surface area contributed by atoms with Gasteiger partial charge in [0.1, 0.15) is 6.04 Å². The zero-order valence-electron chi connectivity index (χ0n) is 6.81. The number of amides is 1. The van der Waals surface area contributed by atoms with Crippen molar-refractivity contribution in [2.24, 2.45) is 0 Å². The minimum Gasteiger partial charge on any atom is -0.481 e. The number of aliphatic carboxylic acids is 2. The van der Waals surface area contributed by atoms with Crippen LogP contribution < -0.4 is 5.32 Å². The number of hydrogen-bond acceptors (Lipinski definition) is 4. The Bertz CT molecular complexity index is 225. The number of ether oxygens (including phenoxy) is 1. The lowest BCUT2D eigenvalue weighted by molar-refractivity contribution is -0.145. The smallest absolute Gasteiger partial charge is 0.407 e. The van der Waals surface area contributed by atoms with Gasteiger partial charge in [-0.05, 0) is 0 Å². The molecule has 13 heavy (non-hydrogen) atoms. The average molecular weight is 191 g/mol. The molecule has 0 aromatic carbocycles. The molecule has 0 bridgehead atoms. The van der Waals surface area contributed by atoms with Gasteiger partial charge in [0, 0.05) is 0 Å². The molecule has 0 fully saturated rings. The number of hydrogen-bond donors (Lipinski definition) is 3. The molecule has 0 spiro atoms. The van der Waals surface area contributed by atoms with Crippen LogP contribution in [0.15, 0.2) is 0 Å². The van der Waals surface area contributed by atoms with E-state index in [1.807, 2.05) is 5.32 Å². The van der Waals surface area contributed by atoms with Crippen molar-refractivity contribution < 1.29 is 29.3 Å². The first-order valence-electron chi connectivity index (χ1n) is 3.26. The van der Waals surface area contributed by atoms with E-state index in [0.29, 0.717) is 0 Å². The molecule has 0 aliphatic rings. The monoisotopic (exact) mass is 191 g/mol. The minimum absolute atomic E-state index is 0.690. The summed E-state index contributed by atoms with van der Waals surface area (Å²) in [5.74, 6) is -2.74. The van der Waals surface area contributed by atoms with Crippen LogP contribution in [0.4, 0.5) is 4.79 Å². The van der Waals surface area contributed by atoms with Crippen molar-refractivity contribution in [3.8, 4) is 0 Å². The highest BCUT2D eigenvalue weighted by Gasteiger charge is 2.22. The third-order valence-electron chi connectivity index (χ3n) is 1.15. The van der Waals surface area contributed by atoms with E-state index in [4.69, 9.17) is 10.2 Å². The van der Waals surface area contributed by atoms with Crippen molar-refractivity contribution in [1.29, 1.82) is 0 Å². The second-order valence-corrected chi connectivity index (χ2v) is 2.12. The van der Waals surface area contributed by atoms with Gasteiger partial charge in [-0.1, -0.05) is 0 Å². The van der Waals surface area contributed by atoms with Crippen molar-refractivity contribution in [3.63, 3.8) is 0 Å². The Labute approximate surface area is 73.3 Å². The van der Waals surface area contributed by atoms with Gasteiger partial charge in [0.25, 0.3) is 0 Å². The van der Waals surface area contributed by atoms with Crippen LogP contribution in [0.25, 0.3) is 0 Å². The largest absolute Gasteiger partial charge is 0.481 e. The van der Waals surface area contributed by atoms with Gasteiger partial charge >= 0.3 is 18.0 Å². The molecule has 74 valence electrons. The number of nitrogens with one attached hydrogen (secondary N) is 1. The summed E-state index contributed by atoms with van der Waals surface area (Å²) in [5, 5.41) is 18.6. The minimum atomic E-state index is -1.47. The summed E-state index contributed by atoms with van der Waals surface area (Å²) in [6.45, 7) is 0. The Morgan fingerprint density at radius 3 is 2.23 bits per heavy atom. The van der Waals surface area contributed by atoms with Crippen LogP contribution >= 0.6 is 0 Å². The van der Waals surface area contributed by atoms with Crippen LogP contribution in [0.2, 0.25) is 0 Å². The van der Waals surface area contributed by atoms with Crippen LogP contribution in [-0.4, -0.2) is 41.4 Å². The number of carboxylic acid groups (broad SMARTS) is 2. The SMILES string of the molecule is COC(=O)N[C@H](CC(=O)O)C(=O)O. The van der Waals surface area contributed by atoms with Gasteiger partial charge in [-0.2, -0.15) is 0 Å². The van der Waals surface area contributed by atoms with E-state index in [9.17, 15) is 14.4 Å². The number of alkyl carbamates (subject to hydrolysis) is 1. The van der Waals surface area contributed by atoms with E-state index in [-0.39, 0.29) is 0 Å². The fourth-order valence-electron chi connectivity index (χ4n) is 0.576. The molecule has 0 radical (unpaired) electrons. The Kier molecular flexibility index (Phi) is 4.28. The lowest BCUT2D eigenvalue weighted by atomic mass is 10.2. The van der Waals surface area contributed by atoms with Crippen molar-refractivity contribution >= 4 is 18.0 Å². The molecule has 3 N–H and O–H groups in total. The molecule has 0 unspecified atom stereocenters. The number of carbonyl (C=O) groups excluding carboxylic acids is 1. The molecular weight excluding hydrogens is 182 g/mol. The van der Waals surface area contributed by atoms with Crippen molar-refractivity contribution in [1.82, 2.24) is 5.32 Å². The summed E-state index contributed by atoms with van der Waals surface area (Å²) in [5.41, 5.74) is 0. The summed E-state index contributed by atoms with van der Waals surface area (Å²) >= 11 is 0. The van der Waals surface area contributed by atoms with Crippen molar-refractivity contribution in [3.05, 3.63) is 0 Å². The maximum Gasteiger partial charge on any atom is 0.407 e. The Morgan fingerprint density at radius 1 is 1.38 bits per heavy atom. The normalized spacial score (nSPS) is 11.5. The molecule has 0 aliphatic carbocycles. The number of carbonyl (C=O) groups is 3. The zero-order valence-corrected chi connectivity index (χ0v) is 6.81. The van der Waals surface area contributed by atoms with E-state index in [0.717, 1.165) is 7.11 Å². The van der Waals surface area contributed by atoms with Gasteiger partial charge in [-0.15, -0.1) is 0 Å². The summed E-state index contributed by atoms with van der Waals surface area (Å²) in [6, 6.07) is -1.47. The van der Waals surface area contributed by atoms with Gasteiger partial charge in [0.05, 0.1) is 13.5 Å². The highest BCUT2D eigenvalue weighted by Crippen LogP contribution is 1.93. The van der Waals surface area contributed by atoms with E-state index >= 15 is 0 Å². The average Bonchev–Trinajstić information content (AvgIpc) is 2.02. The molecule has 0 aromatic rings. The third-order valence-corrected chi connectivity index (χ3v) is 1.15. The van der Waals surface area contributed by atoms with E-state index in [2.05, 4.69) is 4.74 Å². The second kappa shape index (κ2) is 4.96. The summed E-state index contributed by atoms with van der Waals surface area (Å²) in [4.78, 5) is 31.0. The summed E-state index contributed by atoms with van der Waals surface area (Å²) < 4.78 is 4.11.